The van der Waals surface area contributed by atoms with Crippen molar-refractivity contribution >= 4 is 28.1 Å². The van der Waals surface area contributed by atoms with Crippen LogP contribution in [0.25, 0.3) is 39.1 Å². The van der Waals surface area contributed by atoms with Crippen LogP contribution in [-0.2, 0) is 0 Å². The maximum atomic E-state index is 4.86. The molecule has 7 aromatic rings. The van der Waals surface area contributed by atoms with E-state index in [4.69, 9.17) is 20.4 Å². The van der Waals surface area contributed by atoms with Gasteiger partial charge in [0.2, 0.25) is 5.65 Å². The number of hydrogen-bond donors (Lipinski definition) is 1. The third kappa shape index (κ3) is 4.47. The lowest BCUT2D eigenvalue weighted by Crippen LogP contribution is -2.15. The Hall–Kier alpha value is -5.76. The molecular weight excluding hydrogens is 508 g/mol. The molecule has 41 heavy (non-hydrogen) atoms. The van der Waals surface area contributed by atoms with Crippen LogP contribution >= 0.6 is 0 Å². The third-order valence-corrected chi connectivity index (χ3v) is 6.93. The molecular formula is C33H24N8. The number of aromatic nitrogens is 6. The molecule has 0 fully saturated rings. The van der Waals surface area contributed by atoms with Gasteiger partial charge in [0.25, 0.3) is 0 Å². The fraction of sp³-hybridized carbons (Fsp3) is 0.0303. The van der Waals surface area contributed by atoms with E-state index < -0.39 is 0 Å². The highest BCUT2D eigenvalue weighted by molar-refractivity contribution is 6.13. The minimum Gasteiger partial charge on any atom is -0.278 e. The molecule has 0 radical (unpaired) electrons. The largest absolute Gasteiger partial charge is 0.278 e. The van der Waals surface area contributed by atoms with Gasteiger partial charge in [-0.1, -0.05) is 109 Å². The van der Waals surface area contributed by atoms with Gasteiger partial charge in [-0.25, -0.2) is 4.52 Å². The number of fused-ring (bicyclic) bond motifs is 3. The Balaban J connectivity index is 1.46. The number of anilines is 1. The van der Waals surface area contributed by atoms with Crippen LogP contribution in [0.15, 0.2) is 126 Å². The molecule has 0 bridgehead atoms. The molecule has 196 valence electrons. The number of para-hydroxylation sites is 1. The van der Waals surface area contributed by atoms with Crippen molar-refractivity contribution in [2.24, 2.45) is 5.10 Å². The van der Waals surface area contributed by atoms with Gasteiger partial charge < -0.3 is 0 Å². The summed E-state index contributed by atoms with van der Waals surface area (Å²) < 4.78 is 1.80. The van der Waals surface area contributed by atoms with Gasteiger partial charge >= 0.3 is 0 Å². The molecule has 0 aliphatic carbocycles. The maximum absolute atomic E-state index is 4.86. The van der Waals surface area contributed by atoms with Crippen LogP contribution < -0.4 is 5.43 Å². The zero-order valence-corrected chi connectivity index (χ0v) is 22.2. The van der Waals surface area contributed by atoms with Gasteiger partial charge in [0.1, 0.15) is 17.1 Å². The Bertz CT molecular complexity index is 2000. The number of benzene rings is 4. The molecule has 0 aliphatic heterocycles. The van der Waals surface area contributed by atoms with Crippen LogP contribution in [0.1, 0.15) is 17.0 Å². The van der Waals surface area contributed by atoms with Gasteiger partial charge in [0.05, 0.1) is 16.8 Å². The summed E-state index contributed by atoms with van der Waals surface area (Å²) in [5.74, 6) is 0. The topological polar surface area (TPSA) is 93.2 Å². The van der Waals surface area contributed by atoms with E-state index in [-0.39, 0.29) is 0 Å². The van der Waals surface area contributed by atoms with Crippen LogP contribution in [0.2, 0.25) is 0 Å². The highest BCUT2D eigenvalue weighted by Gasteiger charge is 2.23. The molecule has 1 N–H and O–H groups in total. The fourth-order valence-corrected chi connectivity index (χ4v) is 4.94. The van der Waals surface area contributed by atoms with Gasteiger partial charge in [-0.2, -0.15) is 5.10 Å². The lowest BCUT2D eigenvalue weighted by Gasteiger charge is -2.11. The molecule has 0 atom stereocenters. The van der Waals surface area contributed by atoms with Crippen molar-refractivity contribution in [3.05, 3.63) is 138 Å². The molecule has 0 saturated carbocycles. The van der Waals surface area contributed by atoms with Crippen molar-refractivity contribution in [1.82, 2.24) is 30.0 Å². The van der Waals surface area contributed by atoms with Crippen molar-refractivity contribution in [3.63, 3.8) is 0 Å². The predicted octanol–water partition coefficient (Wildman–Crippen LogP) is 6.57. The number of nitrogens with one attached hydrogen (secondary N) is 1. The predicted molar refractivity (Wildman–Crippen MR) is 162 cm³/mol. The summed E-state index contributed by atoms with van der Waals surface area (Å²) in [5.41, 5.74) is 11.7. The van der Waals surface area contributed by atoms with Crippen LogP contribution in [-0.4, -0.2) is 35.7 Å². The van der Waals surface area contributed by atoms with E-state index in [1.807, 2.05) is 116 Å². The Morgan fingerprint density at radius 1 is 0.659 bits per heavy atom. The molecule has 8 heteroatoms. The highest BCUT2D eigenvalue weighted by Crippen LogP contribution is 2.37. The normalized spacial score (nSPS) is 11.7. The van der Waals surface area contributed by atoms with E-state index in [1.54, 1.807) is 4.52 Å². The first-order valence-electron chi connectivity index (χ1n) is 13.3. The lowest BCUT2D eigenvalue weighted by atomic mass is 9.97. The second kappa shape index (κ2) is 10.4. The van der Waals surface area contributed by atoms with Gasteiger partial charge in [-0.3, -0.25) is 5.43 Å². The molecule has 0 unspecified atom stereocenters. The standard InChI is InChI=1S/C33H24N8/c1-22-29(31(25-18-10-4-11-19-25)37-34-26-20-12-5-13-21-26)35-39-33-28-27(23-14-6-2-7-15-23)30(24-16-8-3-9-17-24)36-38-32(28)40-41(22)33/h2-21,34H,1H3/b37-31+. The Kier molecular flexibility index (Phi) is 6.18. The monoisotopic (exact) mass is 532 g/mol. The van der Waals surface area contributed by atoms with E-state index in [2.05, 4.69) is 27.8 Å². The zero-order chi connectivity index (χ0) is 27.6. The first kappa shape index (κ1) is 24.3. The third-order valence-electron chi connectivity index (χ3n) is 6.93. The summed E-state index contributed by atoms with van der Waals surface area (Å²) in [5, 5.41) is 29.1. The number of hydrazone groups is 1. The Morgan fingerprint density at radius 3 is 1.95 bits per heavy atom. The zero-order valence-electron chi connectivity index (χ0n) is 22.2. The highest BCUT2D eigenvalue weighted by atomic mass is 15.4. The maximum Gasteiger partial charge on any atom is 0.206 e. The van der Waals surface area contributed by atoms with Gasteiger partial charge in [-0.05, 0) is 24.6 Å². The Labute approximate surface area is 236 Å². The van der Waals surface area contributed by atoms with E-state index in [0.29, 0.717) is 22.7 Å². The molecule has 3 aromatic heterocycles. The molecule has 4 aromatic carbocycles. The average Bonchev–Trinajstić information content (AvgIpc) is 3.43. The van der Waals surface area contributed by atoms with Crippen molar-refractivity contribution < 1.29 is 0 Å². The number of hydrogen-bond acceptors (Lipinski definition) is 7. The second-order valence-electron chi connectivity index (χ2n) is 9.53. The first-order valence-corrected chi connectivity index (χ1v) is 13.3. The smallest absolute Gasteiger partial charge is 0.206 e. The molecule has 3 heterocycles. The van der Waals surface area contributed by atoms with Crippen molar-refractivity contribution in [3.8, 4) is 22.4 Å². The van der Waals surface area contributed by atoms with Gasteiger partial charge in [0, 0.05) is 16.7 Å². The number of rotatable bonds is 6. The molecule has 0 spiro atoms. The van der Waals surface area contributed by atoms with E-state index in [1.165, 1.54) is 0 Å². The summed E-state index contributed by atoms with van der Waals surface area (Å²) >= 11 is 0. The molecule has 7 rings (SSSR count). The quantitative estimate of drug-likeness (QED) is 0.192. The summed E-state index contributed by atoms with van der Waals surface area (Å²) in [7, 11) is 0. The average molecular weight is 533 g/mol. The van der Waals surface area contributed by atoms with Crippen molar-refractivity contribution in [2.75, 3.05) is 5.43 Å². The van der Waals surface area contributed by atoms with E-state index in [0.717, 1.165) is 44.7 Å². The Morgan fingerprint density at radius 2 is 1.27 bits per heavy atom. The molecule has 0 saturated heterocycles. The van der Waals surface area contributed by atoms with Crippen LogP contribution in [0.3, 0.4) is 0 Å². The van der Waals surface area contributed by atoms with Gasteiger partial charge in [-0.15, -0.1) is 25.5 Å². The molecule has 0 aliphatic rings. The minimum absolute atomic E-state index is 0.499. The van der Waals surface area contributed by atoms with Crippen LogP contribution in [0, 0.1) is 6.92 Å². The van der Waals surface area contributed by atoms with E-state index in [9.17, 15) is 0 Å². The first-order chi connectivity index (χ1) is 20.3. The molecule has 8 nitrogen and oxygen atoms in total. The lowest BCUT2D eigenvalue weighted by molar-refractivity contribution is 0.844. The molecule has 0 amide bonds. The SMILES string of the molecule is Cc1c(/C(=N/Nc2ccccc2)c2ccccc2)nnc2c3c(-c4ccccc4)c(-c4ccccc4)nnc3nn12. The van der Waals surface area contributed by atoms with Crippen LogP contribution in [0.4, 0.5) is 5.69 Å². The second-order valence-corrected chi connectivity index (χ2v) is 9.53. The minimum atomic E-state index is 0.499. The summed E-state index contributed by atoms with van der Waals surface area (Å²) in [6, 6.07) is 39.9. The summed E-state index contributed by atoms with van der Waals surface area (Å²) in [4.78, 5) is 0. The fourth-order valence-electron chi connectivity index (χ4n) is 4.94. The van der Waals surface area contributed by atoms with Crippen molar-refractivity contribution in [1.29, 1.82) is 0 Å². The van der Waals surface area contributed by atoms with Gasteiger partial charge in [0.15, 0.2) is 5.65 Å². The van der Waals surface area contributed by atoms with E-state index >= 15 is 0 Å². The van der Waals surface area contributed by atoms with Crippen LogP contribution in [0.5, 0.6) is 0 Å². The number of nitrogens with zero attached hydrogens (tertiary/aromatic N) is 7. The van der Waals surface area contributed by atoms with Crippen molar-refractivity contribution in [2.45, 2.75) is 6.92 Å². The summed E-state index contributed by atoms with van der Waals surface area (Å²) in [6.45, 7) is 1.97. The summed E-state index contributed by atoms with van der Waals surface area (Å²) in [6.07, 6.45) is 0. The number of aryl methyl sites for hydroxylation is 1.